The second kappa shape index (κ2) is 5.13. The first-order chi connectivity index (χ1) is 6.59. The van der Waals surface area contributed by atoms with Crippen LogP contribution in [-0.2, 0) is 0 Å². The van der Waals surface area contributed by atoms with Crippen molar-refractivity contribution in [1.82, 2.24) is 10.2 Å². The molecule has 0 radical (unpaired) electrons. The van der Waals surface area contributed by atoms with Crippen LogP contribution in [0.4, 0.5) is 0 Å². The maximum absolute atomic E-state index is 3.62. The van der Waals surface area contributed by atoms with Gasteiger partial charge in [0.1, 0.15) is 0 Å². The molecule has 2 nitrogen and oxygen atoms in total. The molecule has 84 valence electrons. The van der Waals surface area contributed by atoms with Gasteiger partial charge in [-0.1, -0.05) is 27.2 Å². The lowest BCUT2D eigenvalue weighted by atomic mass is 9.95. The maximum Gasteiger partial charge on any atom is 0.0278 e. The molecule has 14 heavy (non-hydrogen) atoms. The quantitative estimate of drug-likeness (QED) is 0.744. The van der Waals surface area contributed by atoms with Gasteiger partial charge in [-0.25, -0.2) is 0 Å². The summed E-state index contributed by atoms with van der Waals surface area (Å²) in [7, 11) is 0. The van der Waals surface area contributed by atoms with Gasteiger partial charge in [-0.3, -0.25) is 4.90 Å². The van der Waals surface area contributed by atoms with Gasteiger partial charge in [-0.15, -0.1) is 0 Å². The summed E-state index contributed by atoms with van der Waals surface area (Å²) in [5.41, 5.74) is 0.353. The molecule has 1 aliphatic heterocycles. The summed E-state index contributed by atoms with van der Waals surface area (Å²) < 4.78 is 0. The maximum atomic E-state index is 3.62. The lowest BCUT2D eigenvalue weighted by molar-refractivity contribution is 0.124. The zero-order valence-corrected chi connectivity index (χ0v) is 10.3. The van der Waals surface area contributed by atoms with Gasteiger partial charge in [-0.05, 0) is 19.3 Å². The third kappa shape index (κ3) is 3.25. The molecule has 0 aromatic rings. The van der Waals surface area contributed by atoms with E-state index in [-0.39, 0.29) is 0 Å². The molecule has 2 heteroatoms. The van der Waals surface area contributed by atoms with Crippen LogP contribution in [0, 0.1) is 5.92 Å². The summed E-state index contributed by atoms with van der Waals surface area (Å²) in [6.07, 6.45) is 2.52. The predicted octanol–water partition coefficient (Wildman–Crippen LogP) is 2.11. The molecule has 1 heterocycles. The molecule has 0 aromatic carbocycles. The van der Waals surface area contributed by atoms with Gasteiger partial charge in [0.25, 0.3) is 0 Å². The molecule has 1 fully saturated rings. The first-order valence-electron chi connectivity index (χ1n) is 6.07. The van der Waals surface area contributed by atoms with E-state index in [0.29, 0.717) is 5.54 Å². The zero-order valence-electron chi connectivity index (χ0n) is 10.3. The molecule has 2 atom stereocenters. The Morgan fingerprint density at radius 2 is 2.14 bits per heavy atom. The van der Waals surface area contributed by atoms with E-state index < -0.39 is 0 Å². The van der Waals surface area contributed by atoms with Crippen molar-refractivity contribution in [2.24, 2.45) is 5.92 Å². The van der Waals surface area contributed by atoms with Crippen molar-refractivity contribution >= 4 is 0 Å². The lowest BCUT2D eigenvalue weighted by Crippen LogP contribution is -2.58. The van der Waals surface area contributed by atoms with Crippen LogP contribution in [-0.4, -0.2) is 36.6 Å². The molecule has 0 bridgehead atoms. The summed E-state index contributed by atoms with van der Waals surface area (Å²) in [6, 6.07) is 0. The molecule has 0 aliphatic carbocycles. The number of nitrogens with zero attached hydrogens (tertiary/aromatic N) is 1. The smallest absolute Gasteiger partial charge is 0.0278 e. The van der Waals surface area contributed by atoms with Crippen LogP contribution >= 0.6 is 0 Å². The van der Waals surface area contributed by atoms with Crippen molar-refractivity contribution in [3.8, 4) is 0 Å². The third-order valence-corrected chi connectivity index (χ3v) is 3.60. The van der Waals surface area contributed by atoms with E-state index >= 15 is 0 Å². The van der Waals surface area contributed by atoms with Crippen molar-refractivity contribution in [2.75, 3.05) is 26.2 Å². The van der Waals surface area contributed by atoms with Gasteiger partial charge in [0.15, 0.2) is 0 Å². The van der Waals surface area contributed by atoms with Crippen LogP contribution in [0.25, 0.3) is 0 Å². The van der Waals surface area contributed by atoms with E-state index in [1.165, 1.54) is 32.5 Å². The highest BCUT2D eigenvalue weighted by atomic mass is 15.2. The average Bonchev–Trinajstić information content (AvgIpc) is 2.18. The Balaban J connectivity index is 2.40. The fraction of sp³-hybridized carbons (Fsp3) is 1.00. The molecule has 1 saturated heterocycles. The summed E-state index contributed by atoms with van der Waals surface area (Å²) in [5, 5.41) is 3.62. The molecule has 1 rings (SSSR count). The topological polar surface area (TPSA) is 15.3 Å². The van der Waals surface area contributed by atoms with E-state index in [1.54, 1.807) is 0 Å². The van der Waals surface area contributed by atoms with Crippen LogP contribution in [0.15, 0.2) is 0 Å². The van der Waals surface area contributed by atoms with Crippen molar-refractivity contribution in [3.63, 3.8) is 0 Å². The largest absolute Gasteiger partial charge is 0.309 e. The van der Waals surface area contributed by atoms with Gasteiger partial charge in [-0.2, -0.15) is 0 Å². The summed E-state index contributed by atoms with van der Waals surface area (Å²) in [5.74, 6) is 0.842. The summed E-state index contributed by atoms with van der Waals surface area (Å²) >= 11 is 0. The molecule has 0 spiro atoms. The molecule has 2 unspecified atom stereocenters. The summed E-state index contributed by atoms with van der Waals surface area (Å²) in [4.78, 5) is 2.62. The van der Waals surface area contributed by atoms with Crippen molar-refractivity contribution in [2.45, 2.75) is 46.1 Å². The highest BCUT2D eigenvalue weighted by Crippen LogP contribution is 2.16. The Kier molecular flexibility index (Phi) is 4.39. The number of nitrogens with one attached hydrogen (secondary N) is 1. The van der Waals surface area contributed by atoms with Gasteiger partial charge >= 0.3 is 0 Å². The molecule has 1 aliphatic rings. The lowest BCUT2D eigenvalue weighted by Gasteiger charge is -2.42. The minimum absolute atomic E-state index is 0.353. The van der Waals surface area contributed by atoms with Crippen molar-refractivity contribution < 1.29 is 0 Å². The Morgan fingerprint density at radius 1 is 1.43 bits per heavy atom. The highest BCUT2D eigenvalue weighted by molar-refractivity contribution is 4.89. The SMILES string of the molecule is CCC(C)CN1CCNC(C)(CC)C1. The van der Waals surface area contributed by atoms with Crippen molar-refractivity contribution in [1.29, 1.82) is 0 Å². The summed E-state index contributed by atoms with van der Waals surface area (Å²) in [6.45, 7) is 14.1. The third-order valence-electron chi connectivity index (χ3n) is 3.60. The average molecular weight is 198 g/mol. The highest BCUT2D eigenvalue weighted by Gasteiger charge is 2.28. The van der Waals surface area contributed by atoms with E-state index in [9.17, 15) is 0 Å². The van der Waals surface area contributed by atoms with E-state index in [4.69, 9.17) is 0 Å². The number of rotatable bonds is 4. The van der Waals surface area contributed by atoms with Gasteiger partial charge in [0.05, 0.1) is 0 Å². The van der Waals surface area contributed by atoms with Crippen LogP contribution < -0.4 is 5.32 Å². The Labute approximate surface area is 89.1 Å². The van der Waals surface area contributed by atoms with Crippen LogP contribution in [0.5, 0.6) is 0 Å². The van der Waals surface area contributed by atoms with Gasteiger partial charge in [0.2, 0.25) is 0 Å². The molecule has 0 aromatic heterocycles. The minimum Gasteiger partial charge on any atom is -0.309 e. The normalized spacial score (nSPS) is 31.7. The fourth-order valence-electron chi connectivity index (χ4n) is 2.11. The van der Waals surface area contributed by atoms with Crippen LogP contribution in [0.1, 0.15) is 40.5 Å². The Bertz CT molecular complexity index is 170. The second-order valence-corrected chi connectivity index (χ2v) is 5.09. The fourth-order valence-corrected chi connectivity index (χ4v) is 2.11. The van der Waals surface area contributed by atoms with Gasteiger partial charge in [0, 0.05) is 31.7 Å². The monoisotopic (exact) mass is 198 g/mol. The van der Waals surface area contributed by atoms with Crippen LogP contribution in [0.2, 0.25) is 0 Å². The molecular formula is C12H26N2. The van der Waals surface area contributed by atoms with Crippen LogP contribution in [0.3, 0.4) is 0 Å². The molecular weight excluding hydrogens is 172 g/mol. The minimum atomic E-state index is 0.353. The van der Waals surface area contributed by atoms with Crippen molar-refractivity contribution in [3.05, 3.63) is 0 Å². The number of hydrogen-bond donors (Lipinski definition) is 1. The first kappa shape index (κ1) is 12.0. The Morgan fingerprint density at radius 3 is 2.71 bits per heavy atom. The van der Waals surface area contributed by atoms with E-state index in [1.807, 2.05) is 0 Å². The van der Waals surface area contributed by atoms with E-state index in [2.05, 4.69) is 37.9 Å². The molecule has 0 amide bonds. The van der Waals surface area contributed by atoms with Gasteiger partial charge < -0.3 is 5.32 Å². The predicted molar refractivity (Wildman–Crippen MR) is 62.6 cm³/mol. The number of hydrogen-bond acceptors (Lipinski definition) is 2. The zero-order chi connectivity index (χ0) is 10.6. The number of piperazine rings is 1. The molecule has 0 saturated carbocycles. The Hall–Kier alpha value is -0.0800. The van der Waals surface area contributed by atoms with E-state index in [0.717, 1.165) is 12.5 Å². The standard InChI is InChI=1S/C12H26N2/c1-5-11(3)9-14-8-7-13-12(4,6-2)10-14/h11,13H,5-10H2,1-4H3. The second-order valence-electron chi connectivity index (χ2n) is 5.09. The first-order valence-corrected chi connectivity index (χ1v) is 6.07. The molecule has 1 N–H and O–H groups in total.